The summed E-state index contributed by atoms with van der Waals surface area (Å²) in [6, 6.07) is 11.1. The maximum atomic E-state index is 13.0. The predicted octanol–water partition coefficient (Wildman–Crippen LogP) is 3.43. The topological polar surface area (TPSA) is 41.6 Å². The Morgan fingerprint density at radius 2 is 1.68 bits per heavy atom. The number of ether oxygens (including phenoxy) is 1. The van der Waals surface area contributed by atoms with Crippen molar-refractivity contribution < 1.29 is 9.53 Å². The van der Waals surface area contributed by atoms with E-state index in [2.05, 4.69) is 10.2 Å². The minimum absolute atomic E-state index is 0.0444. The zero-order valence-corrected chi connectivity index (χ0v) is 15.0. The van der Waals surface area contributed by atoms with Crippen LogP contribution >= 0.6 is 0 Å². The second kappa shape index (κ2) is 7.88. The first-order valence-corrected chi connectivity index (χ1v) is 10.0. The number of nitrogens with one attached hydrogen (secondary N) is 1. The van der Waals surface area contributed by atoms with Crippen molar-refractivity contribution in [3.8, 4) is 0 Å². The van der Waals surface area contributed by atoms with Crippen molar-refractivity contribution in [2.24, 2.45) is 0 Å². The van der Waals surface area contributed by atoms with E-state index < -0.39 is 6.10 Å². The van der Waals surface area contributed by atoms with Crippen LogP contribution in [0.3, 0.4) is 0 Å². The van der Waals surface area contributed by atoms with Crippen LogP contribution in [0.15, 0.2) is 30.3 Å². The summed E-state index contributed by atoms with van der Waals surface area (Å²) in [7, 11) is 0. The summed E-state index contributed by atoms with van der Waals surface area (Å²) >= 11 is 0. The Balaban J connectivity index is 1.37. The number of benzene rings is 1. The molecular formula is C21H30N2O2. The lowest BCUT2D eigenvalue weighted by molar-refractivity contribution is -0.138. The smallest absolute Gasteiger partial charge is 0.254 e. The van der Waals surface area contributed by atoms with Gasteiger partial charge in [0.1, 0.15) is 0 Å². The van der Waals surface area contributed by atoms with E-state index in [1.54, 1.807) is 0 Å². The molecule has 136 valence electrons. The van der Waals surface area contributed by atoms with E-state index in [1.807, 2.05) is 30.3 Å². The van der Waals surface area contributed by atoms with Crippen LogP contribution in [0.25, 0.3) is 0 Å². The van der Waals surface area contributed by atoms with E-state index in [0.717, 1.165) is 50.4 Å². The molecule has 0 aromatic heterocycles. The number of piperidine rings is 1. The monoisotopic (exact) mass is 342 g/mol. The summed E-state index contributed by atoms with van der Waals surface area (Å²) in [4.78, 5) is 15.6. The molecule has 1 aromatic rings. The largest absolute Gasteiger partial charge is 0.360 e. The molecule has 4 rings (SSSR count). The molecule has 1 N–H and O–H groups in total. The van der Waals surface area contributed by atoms with Gasteiger partial charge in [0.05, 0.1) is 6.10 Å². The van der Waals surface area contributed by atoms with Crippen LogP contribution in [0, 0.1) is 0 Å². The first-order valence-electron chi connectivity index (χ1n) is 10.0. The van der Waals surface area contributed by atoms with Gasteiger partial charge in [0, 0.05) is 25.2 Å². The molecule has 0 radical (unpaired) electrons. The first-order chi connectivity index (χ1) is 12.3. The van der Waals surface area contributed by atoms with E-state index >= 15 is 0 Å². The van der Waals surface area contributed by atoms with Gasteiger partial charge in [-0.3, -0.25) is 4.79 Å². The van der Waals surface area contributed by atoms with Crippen molar-refractivity contribution in [2.75, 3.05) is 13.1 Å². The van der Waals surface area contributed by atoms with E-state index in [0.29, 0.717) is 6.04 Å². The fourth-order valence-electron chi connectivity index (χ4n) is 4.26. The molecular weight excluding hydrogens is 312 g/mol. The highest BCUT2D eigenvalue weighted by Crippen LogP contribution is 2.30. The van der Waals surface area contributed by atoms with E-state index in [1.165, 1.54) is 25.7 Å². The lowest BCUT2D eigenvalue weighted by atomic mass is 10.0. The van der Waals surface area contributed by atoms with Crippen LogP contribution in [0.1, 0.15) is 63.0 Å². The highest BCUT2D eigenvalue weighted by molar-refractivity contribution is 5.82. The van der Waals surface area contributed by atoms with E-state index in [4.69, 9.17) is 4.74 Å². The summed E-state index contributed by atoms with van der Waals surface area (Å²) in [5.74, 6) is 0.0444. The molecule has 1 saturated heterocycles. The normalized spacial score (nSPS) is 24.3. The van der Waals surface area contributed by atoms with Crippen LogP contribution in [0.2, 0.25) is 0 Å². The number of nitrogens with zero attached hydrogens (tertiary/aromatic N) is 1. The lowest BCUT2D eigenvalue weighted by Crippen LogP contribution is -2.47. The summed E-state index contributed by atoms with van der Waals surface area (Å²) in [6.07, 6.45) is 9.21. The van der Waals surface area contributed by atoms with Crippen LogP contribution in [0.5, 0.6) is 0 Å². The Morgan fingerprint density at radius 1 is 1.00 bits per heavy atom. The molecule has 2 aliphatic carbocycles. The molecule has 1 aromatic carbocycles. The molecule has 1 heterocycles. The molecule has 4 nitrogen and oxygen atoms in total. The second-order valence-electron chi connectivity index (χ2n) is 7.88. The Hall–Kier alpha value is -1.39. The van der Waals surface area contributed by atoms with Crippen molar-refractivity contribution in [2.45, 2.75) is 75.7 Å². The number of hydrogen-bond acceptors (Lipinski definition) is 3. The lowest BCUT2D eigenvalue weighted by Gasteiger charge is -2.33. The van der Waals surface area contributed by atoms with Crippen molar-refractivity contribution >= 4 is 5.91 Å². The average molecular weight is 342 g/mol. The van der Waals surface area contributed by atoms with Crippen molar-refractivity contribution in [3.63, 3.8) is 0 Å². The van der Waals surface area contributed by atoms with Crippen molar-refractivity contribution in [1.82, 2.24) is 10.2 Å². The number of hydrogen-bond donors (Lipinski definition) is 1. The highest BCUT2D eigenvalue weighted by atomic mass is 16.5. The standard InChI is InChI=1S/C21H30N2O2/c24-21(22-17-12-14-23(15-13-17)18-10-11-18)20(16-6-2-1-3-7-16)25-19-8-4-5-9-19/h1-3,6-7,17-20H,4-5,8-15H2,(H,22,24)/t20-/m1/s1. The van der Waals surface area contributed by atoms with Gasteiger partial charge in [-0.2, -0.15) is 0 Å². The Labute approximate surface area is 150 Å². The molecule has 25 heavy (non-hydrogen) atoms. The molecule has 1 atom stereocenters. The van der Waals surface area contributed by atoms with Gasteiger partial charge in [0.2, 0.25) is 0 Å². The first kappa shape index (κ1) is 17.0. The molecule has 3 fully saturated rings. The maximum Gasteiger partial charge on any atom is 0.254 e. The van der Waals surface area contributed by atoms with Crippen LogP contribution in [-0.4, -0.2) is 42.1 Å². The molecule has 0 bridgehead atoms. The van der Waals surface area contributed by atoms with E-state index in [-0.39, 0.29) is 12.0 Å². The Kier molecular flexibility index (Phi) is 5.37. The Bertz CT molecular complexity index is 559. The summed E-state index contributed by atoms with van der Waals surface area (Å²) in [6.45, 7) is 2.24. The van der Waals surface area contributed by atoms with Gasteiger partial charge in [-0.05, 0) is 44.1 Å². The third kappa shape index (κ3) is 4.42. The minimum Gasteiger partial charge on any atom is -0.360 e. The van der Waals surface area contributed by atoms with E-state index in [9.17, 15) is 4.79 Å². The molecule has 4 heteroatoms. The van der Waals surface area contributed by atoms with Crippen molar-refractivity contribution in [3.05, 3.63) is 35.9 Å². The number of likely N-dealkylation sites (tertiary alicyclic amines) is 1. The summed E-state index contributed by atoms with van der Waals surface area (Å²) in [5.41, 5.74) is 0.974. The van der Waals surface area contributed by atoms with Gasteiger partial charge in [0.25, 0.3) is 5.91 Å². The van der Waals surface area contributed by atoms with Gasteiger partial charge < -0.3 is 15.0 Å². The van der Waals surface area contributed by atoms with Crippen LogP contribution in [-0.2, 0) is 9.53 Å². The molecule has 1 amide bonds. The zero-order chi connectivity index (χ0) is 17.1. The fraction of sp³-hybridized carbons (Fsp3) is 0.667. The third-order valence-electron chi connectivity index (χ3n) is 5.91. The highest BCUT2D eigenvalue weighted by Gasteiger charge is 2.33. The van der Waals surface area contributed by atoms with Crippen molar-refractivity contribution in [1.29, 1.82) is 0 Å². The third-order valence-corrected chi connectivity index (χ3v) is 5.91. The SMILES string of the molecule is O=C(NC1CCN(C2CC2)CC1)[C@H](OC1CCCC1)c1ccccc1. The number of amides is 1. The molecule has 1 aliphatic heterocycles. The molecule has 2 saturated carbocycles. The summed E-state index contributed by atoms with van der Waals surface area (Å²) < 4.78 is 6.25. The van der Waals surface area contributed by atoms with Gasteiger partial charge in [-0.25, -0.2) is 0 Å². The molecule has 3 aliphatic rings. The Morgan fingerprint density at radius 3 is 2.32 bits per heavy atom. The molecule has 0 spiro atoms. The predicted molar refractivity (Wildman–Crippen MR) is 98.3 cm³/mol. The minimum atomic E-state index is -0.467. The fourth-order valence-corrected chi connectivity index (χ4v) is 4.26. The average Bonchev–Trinajstić information content (AvgIpc) is 3.37. The maximum absolute atomic E-state index is 13.0. The van der Waals surface area contributed by atoms with Gasteiger partial charge in [-0.1, -0.05) is 43.2 Å². The van der Waals surface area contributed by atoms with Gasteiger partial charge in [0.15, 0.2) is 6.10 Å². The number of carbonyl (C=O) groups is 1. The second-order valence-corrected chi connectivity index (χ2v) is 7.88. The number of rotatable bonds is 6. The molecule has 0 unspecified atom stereocenters. The van der Waals surface area contributed by atoms with Crippen LogP contribution in [0.4, 0.5) is 0 Å². The number of carbonyl (C=O) groups excluding carboxylic acids is 1. The summed E-state index contributed by atoms with van der Waals surface area (Å²) in [5, 5.41) is 3.28. The quantitative estimate of drug-likeness (QED) is 0.861. The van der Waals surface area contributed by atoms with Gasteiger partial charge >= 0.3 is 0 Å². The van der Waals surface area contributed by atoms with Crippen LogP contribution < -0.4 is 5.32 Å². The zero-order valence-electron chi connectivity index (χ0n) is 15.0. The van der Waals surface area contributed by atoms with Gasteiger partial charge in [-0.15, -0.1) is 0 Å².